The minimum atomic E-state index is -3.17. The van der Waals surface area contributed by atoms with Crippen molar-refractivity contribution in [2.45, 2.75) is 45.6 Å². The topological polar surface area (TPSA) is 58.6 Å². The summed E-state index contributed by atoms with van der Waals surface area (Å²) < 4.78 is 31.9. The van der Waals surface area contributed by atoms with Gasteiger partial charge in [0.2, 0.25) is 10.0 Å². The van der Waals surface area contributed by atoms with E-state index in [-0.39, 0.29) is 17.3 Å². The van der Waals surface area contributed by atoms with Crippen LogP contribution in [0.4, 0.5) is 0 Å². The minimum Gasteiger partial charge on any atom is -0.378 e. The number of hydrogen-bond acceptors (Lipinski definition) is 4. The summed E-state index contributed by atoms with van der Waals surface area (Å²) in [7, 11) is -3.17. The number of nitrogens with zero attached hydrogens (tertiary/aromatic N) is 1. The van der Waals surface area contributed by atoms with E-state index in [1.54, 1.807) is 4.31 Å². The van der Waals surface area contributed by atoms with Crippen LogP contribution in [0.25, 0.3) is 0 Å². The first-order valence-corrected chi connectivity index (χ1v) is 9.35. The van der Waals surface area contributed by atoms with E-state index >= 15 is 0 Å². The van der Waals surface area contributed by atoms with Crippen molar-refractivity contribution in [3.8, 4) is 0 Å². The van der Waals surface area contributed by atoms with Crippen LogP contribution < -0.4 is 5.32 Å². The van der Waals surface area contributed by atoms with Gasteiger partial charge in [0, 0.05) is 19.6 Å². The Balaban J connectivity index is 1.93. The van der Waals surface area contributed by atoms with Crippen molar-refractivity contribution in [1.29, 1.82) is 0 Å². The first-order chi connectivity index (χ1) is 9.44. The predicted molar refractivity (Wildman–Crippen MR) is 80.2 cm³/mol. The molecular formula is C14H28N2O3S. The smallest absolute Gasteiger partial charge is 0.216 e. The van der Waals surface area contributed by atoms with E-state index in [4.69, 9.17) is 4.74 Å². The molecular weight excluding hydrogens is 276 g/mol. The third-order valence-electron chi connectivity index (χ3n) is 4.37. The SMILES string of the molecule is CC(C)OCCS(=O)(=O)N1CCCC2(CCCNC2)C1. The van der Waals surface area contributed by atoms with Gasteiger partial charge in [-0.3, -0.25) is 0 Å². The lowest BCUT2D eigenvalue weighted by atomic mass is 9.75. The van der Waals surface area contributed by atoms with E-state index in [1.807, 2.05) is 13.8 Å². The van der Waals surface area contributed by atoms with Crippen molar-refractivity contribution in [2.24, 2.45) is 5.41 Å². The molecule has 118 valence electrons. The molecule has 2 saturated heterocycles. The Kier molecular flexibility index (Phi) is 5.45. The van der Waals surface area contributed by atoms with Gasteiger partial charge in [-0.1, -0.05) is 0 Å². The highest BCUT2D eigenvalue weighted by molar-refractivity contribution is 7.89. The fourth-order valence-electron chi connectivity index (χ4n) is 3.30. The Morgan fingerprint density at radius 3 is 2.70 bits per heavy atom. The lowest BCUT2D eigenvalue weighted by Crippen LogP contribution is -2.53. The maximum atomic E-state index is 12.4. The number of hydrogen-bond donors (Lipinski definition) is 1. The summed E-state index contributed by atoms with van der Waals surface area (Å²) in [5.41, 5.74) is 0.169. The van der Waals surface area contributed by atoms with Gasteiger partial charge in [0.15, 0.2) is 0 Å². The quantitative estimate of drug-likeness (QED) is 0.829. The third kappa shape index (κ3) is 4.16. The molecule has 1 unspecified atom stereocenters. The van der Waals surface area contributed by atoms with Gasteiger partial charge in [-0.05, 0) is 51.5 Å². The maximum absolute atomic E-state index is 12.4. The monoisotopic (exact) mass is 304 g/mol. The van der Waals surface area contributed by atoms with Crippen molar-refractivity contribution in [1.82, 2.24) is 9.62 Å². The molecule has 1 N–H and O–H groups in total. The predicted octanol–water partition coefficient (Wildman–Crippen LogP) is 1.21. The zero-order valence-electron chi connectivity index (χ0n) is 12.7. The van der Waals surface area contributed by atoms with Gasteiger partial charge in [-0.2, -0.15) is 0 Å². The largest absolute Gasteiger partial charge is 0.378 e. The molecule has 2 rings (SSSR count). The van der Waals surface area contributed by atoms with Gasteiger partial charge < -0.3 is 10.1 Å². The zero-order valence-corrected chi connectivity index (χ0v) is 13.5. The van der Waals surface area contributed by atoms with Crippen LogP contribution in [0.1, 0.15) is 39.5 Å². The van der Waals surface area contributed by atoms with E-state index in [2.05, 4.69) is 5.32 Å². The Morgan fingerprint density at radius 2 is 2.05 bits per heavy atom. The van der Waals surface area contributed by atoms with Crippen LogP contribution in [-0.4, -0.2) is 57.4 Å². The molecule has 6 heteroatoms. The molecule has 0 aromatic carbocycles. The number of ether oxygens (including phenoxy) is 1. The molecule has 0 bridgehead atoms. The van der Waals surface area contributed by atoms with Gasteiger partial charge in [0.1, 0.15) is 0 Å². The minimum absolute atomic E-state index is 0.0837. The van der Waals surface area contributed by atoms with Crippen LogP contribution in [-0.2, 0) is 14.8 Å². The molecule has 2 aliphatic rings. The Labute approximate surface area is 123 Å². The normalized spacial score (nSPS) is 29.1. The van der Waals surface area contributed by atoms with Gasteiger partial charge in [0.25, 0.3) is 0 Å². The van der Waals surface area contributed by atoms with Gasteiger partial charge >= 0.3 is 0 Å². The van der Waals surface area contributed by atoms with Crippen molar-refractivity contribution in [2.75, 3.05) is 38.5 Å². The molecule has 1 spiro atoms. The number of sulfonamides is 1. The maximum Gasteiger partial charge on any atom is 0.216 e. The van der Waals surface area contributed by atoms with Gasteiger partial charge in [-0.25, -0.2) is 12.7 Å². The second-order valence-corrected chi connectivity index (χ2v) is 8.54. The van der Waals surface area contributed by atoms with Crippen LogP contribution in [0.5, 0.6) is 0 Å². The number of rotatable bonds is 5. The molecule has 1 atom stereocenters. The first-order valence-electron chi connectivity index (χ1n) is 7.74. The Morgan fingerprint density at radius 1 is 1.30 bits per heavy atom. The second kappa shape index (κ2) is 6.73. The Bertz CT molecular complexity index is 397. The molecule has 2 aliphatic heterocycles. The standard InChI is InChI=1S/C14H28N2O3S/c1-13(2)19-9-10-20(17,18)16-8-4-6-14(12-16)5-3-7-15-11-14/h13,15H,3-12H2,1-2H3. The number of nitrogens with one attached hydrogen (secondary N) is 1. The van der Waals surface area contributed by atoms with Crippen molar-refractivity contribution in [3.05, 3.63) is 0 Å². The fourth-order valence-corrected chi connectivity index (χ4v) is 4.74. The molecule has 0 aliphatic carbocycles. The van der Waals surface area contributed by atoms with Crippen molar-refractivity contribution >= 4 is 10.0 Å². The van der Waals surface area contributed by atoms with E-state index < -0.39 is 10.0 Å². The molecule has 0 aromatic rings. The third-order valence-corrected chi connectivity index (χ3v) is 6.15. The van der Waals surface area contributed by atoms with Crippen LogP contribution in [0.2, 0.25) is 0 Å². The first kappa shape index (κ1) is 16.2. The van der Waals surface area contributed by atoms with E-state index in [1.165, 1.54) is 0 Å². The van der Waals surface area contributed by atoms with Gasteiger partial charge in [-0.15, -0.1) is 0 Å². The highest BCUT2D eigenvalue weighted by atomic mass is 32.2. The lowest BCUT2D eigenvalue weighted by Gasteiger charge is -2.44. The highest BCUT2D eigenvalue weighted by Crippen LogP contribution is 2.36. The molecule has 20 heavy (non-hydrogen) atoms. The van der Waals surface area contributed by atoms with Crippen molar-refractivity contribution in [3.63, 3.8) is 0 Å². The molecule has 2 fully saturated rings. The summed E-state index contributed by atoms with van der Waals surface area (Å²) in [6.45, 7) is 7.53. The molecule has 0 radical (unpaired) electrons. The summed E-state index contributed by atoms with van der Waals surface area (Å²) in [5, 5.41) is 3.43. The van der Waals surface area contributed by atoms with Crippen molar-refractivity contribution < 1.29 is 13.2 Å². The highest BCUT2D eigenvalue weighted by Gasteiger charge is 2.40. The van der Waals surface area contributed by atoms with E-state index in [0.29, 0.717) is 19.7 Å². The summed E-state index contributed by atoms with van der Waals surface area (Å²) >= 11 is 0. The number of piperidine rings is 2. The van der Waals surface area contributed by atoms with Crippen LogP contribution in [0.15, 0.2) is 0 Å². The van der Waals surface area contributed by atoms with Crippen LogP contribution in [0, 0.1) is 5.41 Å². The molecule has 2 heterocycles. The van der Waals surface area contributed by atoms with Crippen LogP contribution in [0.3, 0.4) is 0 Å². The summed E-state index contributed by atoms with van der Waals surface area (Å²) in [4.78, 5) is 0. The summed E-state index contributed by atoms with van der Waals surface area (Å²) in [6, 6.07) is 0. The van der Waals surface area contributed by atoms with E-state index in [9.17, 15) is 8.42 Å². The lowest BCUT2D eigenvalue weighted by molar-refractivity contribution is 0.0878. The van der Waals surface area contributed by atoms with Crippen LogP contribution >= 0.6 is 0 Å². The summed E-state index contributed by atoms with van der Waals surface area (Å²) in [6.07, 6.45) is 4.51. The molecule has 0 aromatic heterocycles. The molecule has 0 amide bonds. The zero-order chi connectivity index (χ0) is 14.6. The Hall–Kier alpha value is -0.170. The molecule has 5 nitrogen and oxygen atoms in total. The average molecular weight is 304 g/mol. The molecule has 0 saturated carbocycles. The summed E-state index contributed by atoms with van der Waals surface area (Å²) in [5.74, 6) is 0.106. The van der Waals surface area contributed by atoms with Gasteiger partial charge in [0.05, 0.1) is 18.5 Å². The average Bonchev–Trinajstić information content (AvgIpc) is 2.39. The second-order valence-electron chi connectivity index (χ2n) is 6.45. The van der Waals surface area contributed by atoms with E-state index in [0.717, 1.165) is 38.8 Å². The fraction of sp³-hybridized carbons (Fsp3) is 1.00.